The summed E-state index contributed by atoms with van der Waals surface area (Å²) in [6.07, 6.45) is 0.465. The van der Waals surface area contributed by atoms with Crippen molar-refractivity contribution < 1.29 is 13.2 Å². The summed E-state index contributed by atoms with van der Waals surface area (Å²) in [7, 11) is -3.90. The lowest BCUT2D eigenvalue weighted by Crippen LogP contribution is -2.39. The van der Waals surface area contributed by atoms with Crippen molar-refractivity contribution in [1.82, 2.24) is 4.31 Å². The predicted molar refractivity (Wildman–Crippen MR) is 120 cm³/mol. The summed E-state index contributed by atoms with van der Waals surface area (Å²) in [6.45, 7) is -0.200. The minimum Gasteiger partial charge on any atom is -0.324 e. The molecule has 0 aliphatic rings. The number of para-hydroxylation sites is 1. The zero-order chi connectivity index (χ0) is 21.6. The third kappa shape index (κ3) is 5.83. The number of carbonyl (C=O) groups excluding carboxylic acids is 1. The van der Waals surface area contributed by atoms with Crippen LogP contribution in [0.1, 0.15) is 5.56 Å². The van der Waals surface area contributed by atoms with Crippen molar-refractivity contribution in [2.75, 3.05) is 18.4 Å². The number of benzene rings is 3. The Morgan fingerprint density at radius 3 is 2.17 bits per heavy atom. The molecule has 0 radical (unpaired) electrons. The summed E-state index contributed by atoms with van der Waals surface area (Å²) in [6, 6.07) is 22.1. The van der Waals surface area contributed by atoms with Gasteiger partial charge in [-0.3, -0.25) is 4.79 Å². The normalized spacial score (nSPS) is 11.4. The Bertz CT molecular complexity index is 1100. The van der Waals surface area contributed by atoms with Crippen molar-refractivity contribution in [3.63, 3.8) is 0 Å². The van der Waals surface area contributed by atoms with Crippen LogP contribution in [0.25, 0.3) is 0 Å². The van der Waals surface area contributed by atoms with Crippen LogP contribution in [0.5, 0.6) is 0 Å². The summed E-state index contributed by atoms with van der Waals surface area (Å²) < 4.78 is 27.6. The van der Waals surface area contributed by atoms with E-state index in [0.29, 0.717) is 22.2 Å². The summed E-state index contributed by atoms with van der Waals surface area (Å²) in [4.78, 5) is 12.7. The van der Waals surface area contributed by atoms with Crippen LogP contribution in [0.4, 0.5) is 5.69 Å². The van der Waals surface area contributed by atoms with Crippen LogP contribution < -0.4 is 5.32 Å². The molecule has 0 heterocycles. The van der Waals surface area contributed by atoms with Crippen LogP contribution in [-0.4, -0.2) is 31.7 Å². The Morgan fingerprint density at radius 1 is 0.867 bits per heavy atom. The van der Waals surface area contributed by atoms with E-state index in [1.807, 2.05) is 30.3 Å². The van der Waals surface area contributed by atoms with Gasteiger partial charge in [-0.1, -0.05) is 65.7 Å². The van der Waals surface area contributed by atoms with E-state index in [1.165, 1.54) is 24.3 Å². The number of hydrogen-bond acceptors (Lipinski definition) is 3. The maximum absolute atomic E-state index is 13.2. The van der Waals surface area contributed by atoms with Crippen LogP contribution in [0.15, 0.2) is 83.8 Å². The highest BCUT2D eigenvalue weighted by atomic mass is 35.5. The summed E-state index contributed by atoms with van der Waals surface area (Å²) in [5, 5.41) is 3.48. The molecule has 1 amide bonds. The van der Waals surface area contributed by atoms with Gasteiger partial charge in [-0.25, -0.2) is 8.42 Å². The molecule has 5 nitrogen and oxygen atoms in total. The Balaban J connectivity index is 1.82. The quantitative estimate of drug-likeness (QED) is 0.519. The summed E-state index contributed by atoms with van der Waals surface area (Å²) >= 11 is 12.0. The largest absolute Gasteiger partial charge is 0.324 e. The second-order valence-electron chi connectivity index (χ2n) is 6.56. The molecule has 3 aromatic carbocycles. The topological polar surface area (TPSA) is 66.5 Å². The number of nitrogens with zero attached hydrogens (tertiary/aromatic N) is 1. The van der Waals surface area contributed by atoms with Gasteiger partial charge >= 0.3 is 0 Å². The maximum atomic E-state index is 13.2. The molecule has 0 spiro atoms. The van der Waals surface area contributed by atoms with Gasteiger partial charge in [0.15, 0.2) is 0 Å². The molecule has 3 aromatic rings. The first-order chi connectivity index (χ1) is 14.4. The lowest BCUT2D eigenvalue weighted by Gasteiger charge is -2.22. The van der Waals surface area contributed by atoms with Crippen molar-refractivity contribution in [2.45, 2.75) is 11.3 Å². The second kappa shape index (κ2) is 10.1. The van der Waals surface area contributed by atoms with Crippen molar-refractivity contribution in [3.05, 3.63) is 94.5 Å². The number of nitrogens with one attached hydrogen (secondary N) is 1. The average Bonchev–Trinajstić information content (AvgIpc) is 2.74. The number of rotatable bonds is 8. The number of amides is 1. The minimum atomic E-state index is -3.90. The van der Waals surface area contributed by atoms with Crippen LogP contribution in [-0.2, 0) is 21.2 Å². The van der Waals surface area contributed by atoms with Gasteiger partial charge in [0.1, 0.15) is 0 Å². The Hall–Kier alpha value is -2.38. The molecule has 0 bridgehead atoms. The van der Waals surface area contributed by atoms with Gasteiger partial charge in [-0.05, 0) is 48.4 Å². The van der Waals surface area contributed by atoms with Gasteiger partial charge in [-0.2, -0.15) is 4.31 Å². The highest BCUT2D eigenvalue weighted by molar-refractivity contribution is 7.89. The Morgan fingerprint density at radius 2 is 1.50 bits per heavy atom. The molecule has 0 aromatic heterocycles. The first kappa shape index (κ1) is 22.3. The zero-order valence-electron chi connectivity index (χ0n) is 16.0. The standard InChI is InChI=1S/C22H20Cl2N2O3S/c23-18-10-12-19(13-11-18)30(28,29)26(15-14-17-6-2-1-3-7-17)16-22(27)25-21-9-5-4-8-20(21)24/h1-13H,14-16H2,(H,25,27). The molecule has 0 saturated carbocycles. The van der Waals surface area contributed by atoms with Gasteiger partial charge in [0, 0.05) is 11.6 Å². The third-order valence-electron chi connectivity index (χ3n) is 4.41. The minimum absolute atomic E-state index is 0.0745. The maximum Gasteiger partial charge on any atom is 0.243 e. The first-order valence-corrected chi connectivity index (χ1v) is 11.4. The average molecular weight is 463 g/mol. The van der Waals surface area contributed by atoms with Gasteiger partial charge < -0.3 is 5.32 Å². The summed E-state index contributed by atoms with van der Waals surface area (Å²) in [5.74, 6) is -0.478. The molecule has 0 saturated heterocycles. The van der Waals surface area contributed by atoms with E-state index in [-0.39, 0.29) is 18.0 Å². The smallest absolute Gasteiger partial charge is 0.243 e. The molecular weight excluding hydrogens is 443 g/mol. The first-order valence-electron chi connectivity index (χ1n) is 9.20. The zero-order valence-corrected chi connectivity index (χ0v) is 18.3. The molecule has 0 fully saturated rings. The van der Waals surface area contributed by atoms with E-state index >= 15 is 0 Å². The number of sulfonamides is 1. The molecule has 3 rings (SSSR count). The molecular formula is C22H20Cl2N2O3S. The van der Waals surface area contributed by atoms with E-state index < -0.39 is 15.9 Å². The van der Waals surface area contributed by atoms with Gasteiger partial charge in [-0.15, -0.1) is 0 Å². The van der Waals surface area contributed by atoms with Crippen molar-refractivity contribution in [3.8, 4) is 0 Å². The number of halogens is 2. The van der Waals surface area contributed by atoms with Crippen LogP contribution in [0.3, 0.4) is 0 Å². The van der Waals surface area contributed by atoms with E-state index in [9.17, 15) is 13.2 Å². The molecule has 0 atom stereocenters. The third-order valence-corrected chi connectivity index (χ3v) is 6.85. The van der Waals surface area contributed by atoms with Crippen LogP contribution in [0.2, 0.25) is 10.0 Å². The molecule has 0 unspecified atom stereocenters. The number of anilines is 1. The molecule has 8 heteroatoms. The van der Waals surface area contributed by atoms with Gasteiger partial charge in [0.2, 0.25) is 15.9 Å². The van der Waals surface area contributed by atoms with E-state index in [0.717, 1.165) is 9.87 Å². The number of hydrogen-bond donors (Lipinski definition) is 1. The highest BCUT2D eigenvalue weighted by Gasteiger charge is 2.26. The summed E-state index contributed by atoms with van der Waals surface area (Å²) in [5.41, 5.74) is 1.40. The van der Waals surface area contributed by atoms with Crippen molar-refractivity contribution >= 4 is 44.8 Å². The fraction of sp³-hybridized carbons (Fsp3) is 0.136. The number of carbonyl (C=O) groups is 1. The molecule has 1 N–H and O–H groups in total. The van der Waals surface area contributed by atoms with Gasteiger partial charge in [0.25, 0.3) is 0 Å². The molecule has 30 heavy (non-hydrogen) atoms. The highest BCUT2D eigenvalue weighted by Crippen LogP contribution is 2.22. The van der Waals surface area contributed by atoms with E-state index in [4.69, 9.17) is 23.2 Å². The Kier molecular flexibility index (Phi) is 7.50. The van der Waals surface area contributed by atoms with Gasteiger partial charge in [0.05, 0.1) is 22.2 Å². The monoisotopic (exact) mass is 462 g/mol. The Labute approximate surface area is 186 Å². The predicted octanol–water partition coefficient (Wildman–Crippen LogP) is 4.87. The lowest BCUT2D eigenvalue weighted by molar-refractivity contribution is -0.116. The van der Waals surface area contributed by atoms with Crippen LogP contribution >= 0.6 is 23.2 Å². The van der Waals surface area contributed by atoms with E-state index in [2.05, 4.69) is 5.32 Å². The molecule has 0 aliphatic heterocycles. The molecule has 156 valence electrons. The van der Waals surface area contributed by atoms with E-state index in [1.54, 1.807) is 24.3 Å². The SMILES string of the molecule is O=C(CN(CCc1ccccc1)S(=O)(=O)c1ccc(Cl)cc1)Nc1ccccc1Cl. The molecule has 0 aliphatic carbocycles. The van der Waals surface area contributed by atoms with Crippen molar-refractivity contribution in [1.29, 1.82) is 0 Å². The second-order valence-corrected chi connectivity index (χ2v) is 9.34. The lowest BCUT2D eigenvalue weighted by atomic mass is 10.1. The fourth-order valence-electron chi connectivity index (χ4n) is 2.85. The fourth-order valence-corrected chi connectivity index (χ4v) is 4.56. The van der Waals surface area contributed by atoms with Crippen LogP contribution in [0, 0.1) is 0 Å². The van der Waals surface area contributed by atoms with Crippen molar-refractivity contribution in [2.24, 2.45) is 0 Å².